The van der Waals surface area contributed by atoms with E-state index >= 15 is 0 Å². The molecule has 126 valence electrons. The first-order valence-electron chi connectivity index (χ1n) is 6.41. The molecule has 1 aliphatic rings. The number of hydrogen-bond donors (Lipinski definition) is 0. The SMILES string of the molecule is CC[C@H](OS(C)(=O)=O)[C@H]1OC(C)(C)OC1COS(C)(=O)=O. The van der Waals surface area contributed by atoms with Gasteiger partial charge in [-0.2, -0.15) is 16.8 Å². The monoisotopic (exact) mass is 346 g/mol. The molecular weight excluding hydrogens is 324 g/mol. The van der Waals surface area contributed by atoms with E-state index in [1.807, 2.05) is 0 Å². The van der Waals surface area contributed by atoms with Crippen molar-refractivity contribution in [2.24, 2.45) is 0 Å². The quantitative estimate of drug-likeness (QED) is 0.604. The van der Waals surface area contributed by atoms with Gasteiger partial charge in [0.05, 0.1) is 19.1 Å². The Kier molecular flexibility index (Phi) is 5.79. The smallest absolute Gasteiger partial charge is 0.264 e. The van der Waals surface area contributed by atoms with Gasteiger partial charge in [0.1, 0.15) is 18.3 Å². The minimum atomic E-state index is -3.67. The molecule has 21 heavy (non-hydrogen) atoms. The second-order valence-corrected chi connectivity index (χ2v) is 8.62. The first-order valence-corrected chi connectivity index (χ1v) is 10.0. The molecule has 10 heteroatoms. The zero-order chi connectivity index (χ0) is 16.5. The van der Waals surface area contributed by atoms with Gasteiger partial charge >= 0.3 is 0 Å². The van der Waals surface area contributed by atoms with Crippen LogP contribution in [0.3, 0.4) is 0 Å². The van der Waals surface area contributed by atoms with E-state index in [0.717, 1.165) is 12.5 Å². The Morgan fingerprint density at radius 1 is 1.10 bits per heavy atom. The highest BCUT2D eigenvalue weighted by atomic mass is 32.2. The molecule has 0 aromatic rings. The van der Waals surface area contributed by atoms with E-state index in [1.165, 1.54) is 0 Å². The first kappa shape index (κ1) is 18.8. The van der Waals surface area contributed by atoms with Gasteiger partial charge in [-0.05, 0) is 20.3 Å². The second-order valence-electron chi connectivity index (χ2n) is 5.37. The van der Waals surface area contributed by atoms with Gasteiger partial charge in [-0.25, -0.2) is 0 Å². The lowest BCUT2D eigenvalue weighted by atomic mass is 10.1. The molecule has 0 radical (unpaired) electrons. The molecule has 0 aromatic carbocycles. The van der Waals surface area contributed by atoms with Crippen molar-refractivity contribution < 1.29 is 34.7 Å². The Bertz CT molecular complexity index is 551. The van der Waals surface area contributed by atoms with Gasteiger partial charge in [-0.15, -0.1) is 0 Å². The minimum absolute atomic E-state index is 0.267. The molecule has 0 bridgehead atoms. The van der Waals surface area contributed by atoms with Crippen LogP contribution in [-0.4, -0.2) is 60.1 Å². The van der Waals surface area contributed by atoms with Gasteiger partial charge in [0, 0.05) is 0 Å². The van der Waals surface area contributed by atoms with E-state index < -0.39 is 44.3 Å². The third-order valence-corrected chi connectivity index (χ3v) is 3.90. The minimum Gasteiger partial charge on any atom is -0.342 e. The van der Waals surface area contributed by atoms with Crippen molar-refractivity contribution >= 4 is 20.2 Å². The molecule has 0 amide bonds. The normalized spacial score (nSPS) is 27.7. The maximum absolute atomic E-state index is 11.3. The summed E-state index contributed by atoms with van der Waals surface area (Å²) in [7, 11) is -7.31. The lowest BCUT2D eigenvalue weighted by Crippen LogP contribution is -2.40. The molecular formula is C11H22O8S2. The summed E-state index contributed by atoms with van der Waals surface area (Å²) in [6.45, 7) is 4.76. The zero-order valence-corrected chi connectivity index (χ0v) is 14.4. The van der Waals surface area contributed by atoms with Gasteiger partial charge < -0.3 is 9.47 Å². The van der Waals surface area contributed by atoms with E-state index in [2.05, 4.69) is 0 Å². The third kappa shape index (κ3) is 6.57. The molecule has 1 fully saturated rings. The van der Waals surface area contributed by atoms with Crippen molar-refractivity contribution in [1.29, 1.82) is 0 Å². The van der Waals surface area contributed by atoms with Gasteiger partial charge in [0.15, 0.2) is 5.79 Å². The summed E-state index contributed by atoms with van der Waals surface area (Å²) >= 11 is 0. The molecule has 3 atom stereocenters. The fourth-order valence-corrected chi connectivity index (χ4v) is 3.15. The van der Waals surface area contributed by atoms with Crippen molar-refractivity contribution in [2.75, 3.05) is 19.1 Å². The lowest BCUT2D eigenvalue weighted by molar-refractivity contribution is -0.154. The van der Waals surface area contributed by atoms with E-state index in [4.69, 9.17) is 17.8 Å². The molecule has 1 rings (SSSR count). The summed E-state index contributed by atoms with van der Waals surface area (Å²) in [4.78, 5) is 0. The summed E-state index contributed by atoms with van der Waals surface area (Å²) in [6, 6.07) is 0. The predicted octanol–water partition coefficient (Wildman–Crippen LogP) is 0.238. The van der Waals surface area contributed by atoms with Gasteiger partial charge in [-0.1, -0.05) is 6.92 Å². The van der Waals surface area contributed by atoms with Crippen molar-refractivity contribution in [3.8, 4) is 0 Å². The molecule has 1 saturated heterocycles. The largest absolute Gasteiger partial charge is 0.342 e. The summed E-state index contributed by atoms with van der Waals surface area (Å²) in [5.41, 5.74) is 0. The van der Waals surface area contributed by atoms with Crippen molar-refractivity contribution in [3.63, 3.8) is 0 Å². The standard InChI is InChI=1S/C11H22O8S2/c1-6-8(19-21(5,14)15)10-9(7-16-20(4,12)13)17-11(2,3)18-10/h8-10H,6-7H2,1-5H3/t8-,9?,10+/m0/s1. The van der Waals surface area contributed by atoms with Gasteiger partial charge in [-0.3, -0.25) is 8.37 Å². The number of hydrogen-bond acceptors (Lipinski definition) is 8. The third-order valence-electron chi connectivity index (χ3n) is 2.74. The Morgan fingerprint density at radius 3 is 2.10 bits per heavy atom. The Balaban J connectivity index is 2.88. The highest BCUT2D eigenvalue weighted by Crippen LogP contribution is 2.32. The van der Waals surface area contributed by atoms with Crippen LogP contribution in [0.5, 0.6) is 0 Å². The maximum atomic E-state index is 11.3. The summed E-state index contributed by atoms with van der Waals surface area (Å²) < 4.78 is 65.7. The molecule has 0 N–H and O–H groups in total. The van der Waals surface area contributed by atoms with Crippen molar-refractivity contribution in [3.05, 3.63) is 0 Å². The lowest BCUT2D eigenvalue weighted by Gasteiger charge is -2.24. The fourth-order valence-electron chi connectivity index (χ4n) is 2.08. The molecule has 0 aliphatic carbocycles. The highest BCUT2D eigenvalue weighted by Gasteiger charge is 2.46. The van der Waals surface area contributed by atoms with Crippen LogP contribution in [0, 0.1) is 0 Å². The van der Waals surface area contributed by atoms with Crippen LogP contribution in [0.1, 0.15) is 27.2 Å². The molecule has 0 spiro atoms. The van der Waals surface area contributed by atoms with Crippen LogP contribution >= 0.6 is 0 Å². The zero-order valence-electron chi connectivity index (χ0n) is 12.7. The first-order chi connectivity index (χ1) is 9.33. The molecule has 1 unspecified atom stereocenters. The predicted molar refractivity (Wildman–Crippen MR) is 74.6 cm³/mol. The average Bonchev–Trinajstić information content (AvgIpc) is 2.56. The molecule has 1 heterocycles. The Labute approximate surface area is 126 Å². The maximum Gasteiger partial charge on any atom is 0.264 e. The van der Waals surface area contributed by atoms with E-state index in [0.29, 0.717) is 6.42 Å². The number of rotatable bonds is 7. The highest BCUT2D eigenvalue weighted by molar-refractivity contribution is 7.86. The van der Waals surface area contributed by atoms with Crippen LogP contribution in [-0.2, 0) is 38.1 Å². The molecule has 0 saturated carbocycles. The van der Waals surface area contributed by atoms with Gasteiger partial charge in [0.25, 0.3) is 20.2 Å². The van der Waals surface area contributed by atoms with Gasteiger partial charge in [0.2, 0.25) is 0 Å². The molecule has 1 aliphatic heterocycles. The molecule has 8 nitrogen and oxygen atoms in total. The van der Waals surface area contributed by atoms with Crippen molar-refractivity contribution in [2.45, 2.75) is 51.3 Å². The summed E-state index contributed by atoms with van der Waals surface area (Å²) in [6.07, 6.45) is -0.0591. The fraction of sp³-hybridized carbons (Fsp3) is 1.00. The Morgan fingerprint density at radius 2 is 1.67 bits per heavy atom. The second kappa shape index (κ2) is 6.47. The average molecular weight is 346 g/mol. The van der Waals surface area contributed by atoms with Crippen LogP contribution in [0.4, 0.5) is 0 Å². The summed E-state index contributed by atoms with van der Waals surface area (Å²) in [5.74, 6) is -0.982. The molecule has 0 aromatic heterocycles. The van der Waals surface area contributed by atoms with Crippen LogP contribution in [0.15, 0.2) is 0 Å². The van der Waals surface area contributed by atoms with E-state index in [9.17, 15) is 16.8 Å². The van der Waals surface area contributed by atoms with E-state index in [-0.39, 0.29) is 6.61 Å². The number of ether oxygens (including phenoxy) is 2. The topological polar surface area (TPSA) is 105 Å². The summed E-state index contributed by atoms with van der Waals surface area (Å²) in [5, 5.41) is 0. The van der Waals surface area contributed by atoms with Crippen molar-refractivity contribution in [1.82, 2.24) is 0 Å². The van der Waals surface area contributed by atoms with E-state index in [1.54, 1.807) is 20.8 Å². The Hall–Kier alpha value is -0.260. The van der Waals surface area contributed by atoms with Crippen LogP contribution < -0.4 is 0 Å². The van der Waals surface area contributed by atoms with Crippen LogP contribution in [0.25, 0.3) is 0 Å². The van der Waals surface area contributed by atoms with Crippen LogP contribution in [0.2, 0.25) is 0 Å².